The summed E-state index contributed by atoms with van der Waals surface area (Å²) in [6.07, 6.45) is 1.69. The summed E-state index contributed by atoms with van der Waals surface area (Å²) in [7, 11) is -1.26. The van der Waals surface area contributed by atoms with Crippen molar-refractivity contribution in [3.8, 4) is 0 Å². The van der Waals surface area contributed by atoms with Crippen molar-refractivity contribution in [2.75, 3.05) is 20.1 Å². The van der Waals surface area contributed by atoms with Crippen LogP contribution in [0.5, 0.6) is 0 Å². The smallest absolute Gasteiger partial charge is 0.203 e. The number of nitrogens with zero attached hydrogens (tertiary/aromatic N) is 3. The molecular weight excluding hydrogens is 406 g/mol. The molecule has 0 bridgehead atoms. The molecular formula is C13H18FIN4OS. The minimum atomic E-state index is -2.81. The van der Waals surface area contributed by atoms with Gasteiger partial charge in [-0.25, -0.2) is 13.0 Å². The molecule has 0 fully saturated rings. The van der Waals surface area contributed by atoms with E-state index in [0.29, 0.717) is 18.7 Å². The molecule has 0 aliphatic carbocycles. The van der Waals surface area contributed by atoms with Crippen LogP contribution in [0.3, 0.4) is 0 Å². The quantitative estimate of drug-likeness (QED) is 0.450. The molecule has 21 heavy (non-hydrogen) atoms. The molecule has 2 rings (SSSR count). The van der Waals surface area contributed by atoms with E-state index in [1.165, 1.54) is 10.4 Å². The Kier molecular flexibility index (Phi) is 5.42. The Morgan fingerprint density at radius 3 is 3.05 bits per heavy atom. The molecule has 5 nitrogen and oxygen atoms in total. The molecule has 1 aliphatic heterocycles. The second-order valence-electron chi connectivity index (χ2n) is 4.73. The highest BCUT2D eigenvalue weighted by atomic mass is 127. The first-order chi connectivity index (χ1) is 9.96. The zero-order chi connectivity index (χ0) is 15.5. The summed E-state index contributed by atoms with van der Waals surface area (Å²) >= 11 is 2.10. The van der Waals surface area contributed by atoms with Crippen LogP contribution in [-0.4, -0.2) is 34.6 Å². The minimum absolute atomic E-state index is 0.0197. The van der Waals surface area contributed by atoms with Gasteiger partial charge in [0.15, 0.2) is 0 Å². The van der Waals surface area contributed by atoms with Gasteiger partial charge >= 0.3 is 0 Å². The molecule has 1 atom stereocenters. The predicted molar refractivity (Wildman–Crippen MR) is 91.7 cm³/mol. The molecule has 116 valence electrons. The number of guanidine groups is 1. The molecule has 0 saturated heterocycles. The van der Waals surface area contributed by atoms with Crippen LogP contribution in [0.25, 0.3) is 0 Å². The summed E-state index contributed by atoms with van der Waals surface area (Å²) in [6.45, 7) is 1.02. The van der Waals surface area contributed by atoms with E-state index in [9.17, 15) is 8.60 Å². The Balaban J connectivity index is 2.43. The van der Waals surface area contributed by atoms with Crippen LogP contribution >= 0.6 is 22.6 Å². The lowest BCUT2D eigenvalue weighted by Gasteiger charge is -2.25. The van der Waals surface area contributed by atoms with Gasteiger partial charge in [0.05, 0.1) is 12.3 Å². The van der Waals surface area contributed by atoms with E-state index < -0.39 is 9.92 Å². The highest BCUT2D eigenvalue weighted by molar-refractivity contribution is 14.1. The number of nitrogens with two attached hydrogens (primary N) is 1. The van der Waals surface area contributed by atoms with Crippen LogP contribution in [0.15, 0.2) is 27.6 Å². The average molecular weight is 424 g/mol. The van der Waals surface area contributed by atoms with Crippen molar-refractivity contribution < 1.29 is 8.60 Å². The van der Waals surface area contributed by atoms with Crippen molar-refractivity contribution in [2.45, 2.75) is 18.6 Å². The van der Waals surface area contributed by atoms with E-state index in [0.717, 1.165) is 16.4 Å². The van der Waals surface area contributed by atoms with Crippen LogP contribution in [0.4, 0.5) is 4.39 Å². The fourth-order valence-electron chi connectivity index (χ4n) is 2.14. The lowest BCUT2D eigenvalue weighted by Crippen LogP contribution is -2.42. The monoisotopic (exact) mass is 424 g/mol. The maximum absolute atomic E-state index is 14.0. The first-order valence-electron chi connectivity index (χ1n) is 6.61. The third kappa shape index (κ3) is 3.85. The van der Waals surface area contributed by atoms with E-state index in [4.69, 9.17) is 5.73 Å². The predicted octanol–water partition coefficient (Wildman–Crippen LogP) is 2.35. The van der Waals surface area contributed by atoms with Crippen LogP contribution < -0.4 is 5.73 Å². The third-order valence-electron chi connectivity index (χ3n) is 3.24. The maximum Gasteiger partial charge on any atom is 0.203 e. The van der Waals surface area contributed by atoms with Crippen LogP contribution in [0.2, 0.25) is 0 Å². The van der Waals surface area contributed by atoms with Crippen molar-refractivity contribution in [1.29, 1.82) is 0 Å². The first kappa shape index (κ1) is 16.5. The molecule has 1 unspecified atom stereocenters. The van der Waals surface area contributed by atoms with E-state index in [1.54, 1.807) is 19.2 Å². The molecule has 1 aliphatic rings. The van der Waals surface area contributed by atoms with Crippen LogP contribution in [0, 0.1) is 9.39 Å². The Labute approximate surface area is 138 Å². The summed E-state index contributed by atoms with van der Waals surface area (Å²) in [6, 6.07) is 4.76. The number of hydrogen-bond donors (Lipinski definition) is 1. The van der Waals surface area contributed by atoms with Crippen molar-refractivity contribution in [3.05, 3.63) is 33.1 Å². The second kappa shape index (κ2) is 6.91. The van der Waals surface area contributed by atoms with E-state index >= 15 is 0 Å². The number of halogens is 2. The number of rotatable bonds is 2. The van der Waals surface area contributed by atoms with E-state index in [-0.39, 0.29) is 17.5 Å². The lowest BCUT2D eigenvalue weighted by molar-refractivity contribution is 0.565. The highest BCUT2D eigenvalue weighted by Gasteiger charge is 2.25. The third-order valence-corrected chi connectivity index (χ3v) is 6.25. The number of aliphatic imine (C=N–C) groups is 1. The number of hydrogen-bond acceptors (Lipinski definition) is 3. The van der Waals surface area contributed by atoms with Crippen molar-refractivity contribution >= 4 is 38.5 Å². The Bertz CT molecular complexity index is 670. The Hall–Kier alpha value is -0.900. The standard InChI is InChI=1S/C13H18FIN4OS/c1-17-13(16)19-7-3-2-6-18-21(19,20)9-10-8-11(15)4-5-12(10)14/h4-5,8H,2-3,6-7,9H2,1H3,(H2,16,17). The largest absolute Gasteiger partial charge is 0.369 e. The van der Waals surface area contributed by atoms with Gasteiger partial charge in [-0.1, -0.05) is 0 Å². The van der Waals surface area contributed by atoms with Gasteiger partial charge in [0.1, 0.15) is 15.7 Å². The van der Waals surface area contributed by atoms with Gasteiger partial charge in [0.2, 0.25) is 5.96 Å². The molecule has 0 saturated carbocycles. The fourth-order valence-corrected chi connectivity index (χ4v) is 4.91. The van der Waals surface area contributed by atoms with Gasteiger partial charge in [-0.05, 0) is 53.6 Å². The molecule has 1 aromatic rings. The zero-order valence-electron chi connectivity index (χ0n) is 11.8. The maximum atomic E-state index is 14.0. The SMILES string of the molecule is C/N=C(/N)N1CCCCN=S1(=O)Cc1cc(I)ccc1F. The minimum Gasteiger partial charge on any atom is -0.369 e. The van der Waals surface area contributed by atoms with Gasteiger partial charge in [0.25, 0.3) is 0 Å². The molecule has 2 N–H and O–H groups in total. The van der Waals surface area contributed by atoms with E-state index in [2.05, 4.69) is 31.9 Å². The van der Waals surface area contributed by atoms with Crippen LogP contribution in [-0.2, 0) is 15.7 Å². The summed E-state index contributed by atoms with van der Waals surface area (Å²) in [5.41, 5.74) is 6.25. The van der Waals surface area contributed by atoms with Crippen molar-refractivity contribution in [1.82, 2.24) is 4.31 Å². The zero-order valence-corrected chi connectivity index (χ0v) is 14.7. The van der Waals surface area contributed by atoms with E-state index in [1.807, 2.05) is 0 Å². The van der Waals surface area contributed by atoms with Gasteiger partial charge in [-0.15, -0.1) is 0 Å². The van der Waals surface area contributed by atoms with Gasteiger partial charge in [-0.2, -0.15) is 0 Å². The molecule has 0 spiro atoms. The summed E-state index contributed by atoms with van der Waals surface area (Å²) in [5.74, 6) is -0.160. The summed E-state index contributed by atoms with van der Waals surface area (Å²) < 4.78 is 33.9. The summed E-state index contributed by atoms with van der Waals surface area (Å²) in [4.78, 5) is 3.92. The van der Waals surface area contributed by atoms with Crippen LogP contribution in [0.1, 0.15) is 18.4 Å². The van der Waals surface area contributed by atoms with Crippen molar-refractivity contribution in [2.24, 2.45) is 15.1 Å². The number of benzene rings is 1. The van der Waals surface area contributed by atoms with Crippen molar-refractivity contribution in [3.63, 3.8) is 0 Å². The fraction of sp³-hybridized carbons (Fsp3) is 0.462. The molecule has 0 amide bonds. The first-order valence-corrected chi connectivity index (χ1v) is 9.33. The van der Waals surface area contributed by atoms with Gasteiger partial charge in [-0.3, -0.25) is 9.30 Å². The Morgan fingerprint density at radius 2 is 2.33 bits per heavy atom. The lowest BCUT2D eigenvalue weighted by atomic mass is 10.2. The second-order valence-corrected chi connectivity index (χ2v) is 8.18. The Morgan fingerprint density at radius 1 is 1.57 bits per heavy atom. The normalized spacial score (nSPS) is 23.6. The molecule has 1 aromatic carbocycles. The highest BCUT2D eigenvalue weighted by Crippen LogP contribution is 2.21. The topological polar surface area (TPSA) is 71.0 Å². The molecule has 0 radical (unpaired) electrons. The van der Waals surface area contributed by atoms with Gasteiger partial charge in [0, 0.05) is 22.7 Å². The molecule has 0 aromatic heterocycles. The molecule has 1 heterocycles. The summed E-state index contributed by atoms with van der Waals surface area (Å²) in [5, 5.41) is 0. The van der Waals surface area contributed by atoms with Gasteiger partial charge < -0.3 is 5.73 Å². The average Bonchev–Trinajstić information content (AvgIpc) is 2.64. The molecule has 8 heteroatoms.